The lowest BCUT2D eigenvalue weighted by Gasteiger charge is -2.41. The van der Waals surface area contributed by atoms with Crippen molar-refractivity contribution in [3.8, 4) is 0 Å². The number of phosphoric acid groups is 1. The standard InChI is InChI=1S/C45H83O13P/c1-3-5-7-9-11-13-14-15-16-17-18-19-20-21-22-23-24-26-28-30-32-34-39(47)57-37(35-55-38(46)33-31-29-27-25-12-10-8-6-4-2)36-56-59(53,54)58-45-43(51)41(49)40(48)42(50)44(45)52/h14-15,17-18,37,40-45,48-52H,3-13,16,19-36H2,1-2H3,(H,53,54)/b15-14-,18-17-. The minimum atomic E-state index is -5.11. The molecular formula is C45H83O13P. The molecule has 1 rings (SSSR count). The Kier molecular flexibility index (Phi) is 33.7. The third-order valence-electron chi connectivity index (χ3n) is 10.8. The molecule has 346 valence electrons. The third-order valence-corrected chi connectivity index (χ3v) is 11.8. The number of ether oxygens (including phenoxy) is 2. The summed E-state index contributed by atoms with van der Waals surface area (Å²) in [6.45, 7) is 3.26. The maximum absolute atomic E-state index is 12.8. The van der Waals surface area contributed by atoms with Crippen molar-refractivity contribution in [1.82, 2.24) is 0 Å². The molecule has 0 aromatic rings. The van der Waals surface area contributed by atoms with Gasteiger partial charge in [0.05, 0.1) is 6.61 Å². The third kappa shape index (κ3) is 28.5. The Labute approximate surface area is 356 Å². The number of carbonyl (C=O) groups is 2. The maximum atomic E-state index is 12.8. The number of rotatable bonds is 38. The number of hydrogen-bond donors (Lipinski definition) is 6. The Bertz CT molecular complexity index is 1130. The van der Waals surface area contributed by atoms with Crippen LogP contribution in [0.5, 0.6) is 0 Å². The molecule has 0 aromatic carbocycles. The molecule has 6 atom stereocenters. The zero-order valence-electron chi connectivity index (χ0n) is 36.6. The van der Waals surface area contributed by atoms with E-state index in [1.165, 1.54) is 96.3 Å². The first-order valence-electron chi connectivity index (χ1n) is 23.1. The van der Waals surface area contributed by atoms with Crippen molar-refractivity contribution in [2.45, 2.75) is 236 Å². The molecule has 0 saturated heterocycles. The van der Waals surface area contributed by atoms with Crippen molar-refractivity contribution in [1.29, 1.82) is 0 Å². The molecule has 1 fully saturated rings. The van der Waals surface area contributed by atoms with E-state index in [1.807, 2.05) is 0 Å². The van der Waals surface area contributed by atoms with Gasteiger partial charge in [-0.2, -0.15) is 0 Å². The molecule has 0 amide bonds. The van der Waals surface area contributed by atoms with E-state index in [9.17, 15) is 44.6 Å². The highest BCUT2D eigenvalue weighted by molar-refractivity contribution is 7.47. The predicted octanol–water partition coefficient (Wildman–Crippen LogP) is 8.84. The number of hydrogen-bond acceptors (Lipinski definition) is 12. The van der Waals surface area contributed by atoms with Gasteiger partial charge < -0.3 is 39.9 Å². The molecule has 0 heterocycles. The monoisotopic (exact) mass is 863 g/mol. The fourth-order valence-corrected chi connectivity index (χ4v) is 8.00. The van der Waals surface area contributed by atoms with Crippen molar-refractivity contribution >= 4 is 19.8 Å². The van der Waals surface area contributed by atoms with Crippen LogP contribution in [0.4, 0.5) is 0 Å². The largest absolute Gasteiger partial charge is 0.472 e. The number of allylic oxidation sites excluding steroid dienone is 4. The molecule has 6 unspecified atom stereocenters. The lowest BCUT2D eigenvalue weighted by molar-refractivity contribution is -0.220. The Morgan fingerprint density at radius 1 is 0.525 bits per heavy atom. The Morgan fingerprint density at radius 2 is 0.915 bits per heavy atom. The Balaban J connectivity index is 2.40. The van der Waals surface area contributed by atoms with Gasteiger partial charge in [0.25, 0.3) is 0 Å². The van der Waals surface area contributed by atoms with Gasteiger partial charge in [-0.15, -0.1) is 0 Å². The molecule has 1 aliphatic carbocycles. The first-order valence-corrected chi connectivity index (χ1v) is 24.6. The van der Waals surface area contributed by atoms with E-state index in [4.69, 9.17) is 18.5 Å². The first-order chi connectivity index (χ1) is 28.4. The topological polar surface area (TPSA) is 210 Å². The lowest BCUT2D eigenvalue weighted by atomic mass is 9.85. The van der Waals surface area contributed by atoms with E-state index in [2.05, 4.69) is 38.2 Å². The smallest absolute Gasteiger partial charge is 0.462 e. The van der Waals surface area contributed by atoms with Crippen LogP contribution in [0, 0.1) is 0 Å². The second kappa shape index (κ2) is 35.9. The SMILES string of the molecule is CCCCCCC/C=C\C/C=C\CCCCCCCCCCCC(=O)OC(COC(=O)CCCCCCCCCCC)COP(=O)(O)OC1C(O)C(O)C(O)C(O)C1O. The fraction of sp³-hybridized carbons (Fsp3) is 0.867. The summed E-state index contributed by atoms with van der Waals surface area (Å²) in [5.74, 6) is -1.10. The molecule has 1 aliphatic rings. The van der Waals surface area contributed by atoms with Crippen molar-refractivity contribution in [2.24, 2.45) is 0 Å². The second-order valence-electron chi connectivity index (χ2n) is 16.3. The number of carbonyl (C=O) groups excluding carboxylic acids is 2. The molecule has 14 heteroatoms. The summed E-state index contributed by atoms with van der Waals surface area (Å²) in [6.07, 6.45) is 25.3. The van der Waals surface area contributed by atoms with Crippen LogP contribution in [0.15, 0.2) is 24.3 Å². The van der Waals surface area contributed by atoms with Gasteiger partial charge in [0.15, 0.2) is 6.10 Å². The zero-order valence-corrected chi connectivity index (χ0v) is 37.4. The van der Waals surface area contributed by atoms with Gasteiger partial charge in [0.2, 0.25) is 0 Å². The predicted molar refractivity (Wildman–Crippen MR) is 230 cm³/mol. The lowest BCUT2D eigenvalue weighted by Crippen LogP contribution is -2.64. The minimum Gasteiger partial charge on any atom is -0.462 e. The first kappa shape index (κ1) is 55.3. The average Bonchev–Trinajstić information content (AvgIpc) is 3.21. The van der Waals surface area contributed by atoms with Gasteiger partial charge in [0.1, 0.15) is 43.2 Å². The van der Waals surface area contributed by atoms with Crippen LogP contribution in [-0.4, -0.2) is 98.3 Å². The van der Waals surface area contributed by atoms with Crippen LogP contribution in [0.25, 0.3) is 0 Å². The van der Waals surface area contributed by atoms with Crippen LogP contribution in [0.1, 0.15) is 194 Å². The molecule has 0 bridgehead atoms. The average molecular weight is 863 g/mol. The normalized spacial score (nSPS) is 22.5. The highest BCUT2D eigenvalue weighted by atomic mass is 31.2. The van der Waals surface area contributed by atoms with E-state index in [1.54, 1.807) is 0 Å². The number of unbranched alkanes of at least 4 members (excludes halogenated alkanes) is 22. The Morgan fingerprint density at radius 3 is 1.37 bits per heavy atom. The molecular weight excluding hydrogens is 779 g/mol. The molecule has 0 radical (unpaired) electrons. The van der Waals surface area contributed by atoms with Gasteiger partial charge in [0, 0.05) is 12.8 Å². The van der Waals surface area contributed by atoms with Gasteiger partial charge in [-0.1, -0.05) is 160 Å². The van der Waals surface area contributed by atoms with Gasteiger partial charge in [-0.3, -0.25) is 18.6 Å². The summed E-state index contributed by atoms with van der Waals surface area (Å²) < 4.78 is 33.4. The summed E-state index contributed by atoms with van der Waals surface area (Å²) in [5.41, 5.74) is 0. The number of esters is 2. The molecule has 6 N–H and O–H groups in total. The van der Waals surface area contributed by atoms with Crippen LogP contribution >= 0.6 is 7.82 Å². The fourth-order valence-electron chi connectivity index (χ4n) is 7.02. The molecule has 13 nitrogen and oxygen atoms in total. The van der Waals surface area contributed by atoms with Crippen molar-refractivity contribution in [3.05, 3.63) is 24.3 Å². The van der Waals surface area contributed by atoms with E-state index < -0.39 is 75.7 Å². The number of phosphoric ester groups is 1. The van der Waals surface area contributed by atoms with E-state index >= 15 is 0 Å². The van der Waals surface area contributed by atoms with Crippen molar-refractivity contribution in [2.75, 3.05) is 13.2 Å². The Hall–Kier alpha value is -1.67. The van der Waals surface area contributed by atoms with Gasteiger partial charge in [-0.05, 0) is 44.9 Å². The summed E-state index contributed by atoms with van der Waals surface area (Å²) in [7, 11) is -5.11. The maximum Gasteiger partial charge on any atom is 0.472 e. The van der Waals surface area contributed by atoms with Crippen molar-refractivity contribution < 1.29 is 63.1 Å². The van der Waals surface area contributed by atoms with Crippen LogP contribution in [0.2, 0.25) is 0 Å². The highest BCUT2D eigenvalue weighted by Crippen LogP contribution is 2.47. The molecule has 0 aliphatic heterocycles. The molecule has 1 saturated carbocycles. The summed E-state index contributed by atoms with van der Waals surface area (Å²) in [6, 6.07) is 0. The highest BCUT2D eigenvalue weighted by Gasteiger charge is 2.51. The quantitative estimate of drug-likeness (QED) is 0.0149. The van der Waals surface area contributed by atoms with Crippen LogP contribution in [0.3, 0.4) is 0 Å². The van der Waals surface area contributed by atoms with Gasteiger partial charge >= 0.3 is 19.8 Å². The number of aliphatic hydroxyl groups is 5. The van der Waals surface area contributed by atoms with Crippen molar-refractivity contribution in [3.63, 3.8) is 0 Å². The zero-order chi connectivity index (χ0) is 43.6. The van der Waals surface area contributed by atoms with Gasteiger partial charge in [-0.25, -0.2) is 4.57 Å². The van der Waals surface area contributed by atoms with Crippen LogP contribution in [-0.2, 0) is 32.7 Å². The minimum absolute atomic E-state index is 0.0943. The summed E-state index contributed by atoms with van der Waals surface area (Å²) in [5, 5.41) is 50.1. The molecule has 0 spiro atoms. The van der Waals surface area contributed by atoms with Crippen LogP contribution < -0.4 is 0 Å². The number of aliphatic hydroxyl groups excluding tert-OH is 5. The molecule has 59 heavy (non-hydrogen) atoms. The summed E-state index contributed by atoms with van der Waals surface area (Å²) in [4.78, 5) is 35.6. The van der Waals surface area contributed by atoms with E-state index in [0.717, 1.165) is 57.8 Å². The second-order valence-corrected chi connectivity index (χ2v) is 17.7. The van der Waals surface area contributed by atoms with E-state index in [-0.39, 0.29) is 12.8 Å². The molecule has 0 aromatic heterocycles. The summed E-state index contributed by atoms with van der Waals surface area (Å²) >= 11 is 0. The van der Waals surface area contributed by atoms with E-state index in [0.29, 0.717) is 12.8 Å².